The van der Waals surface area contributed by atoms with Crippen molar-refractivity contribution in [3.05, 3.63) is 59.1 Å². The Morgan fingerprint density at radius 1 is 1.06 bits per heavy atom. The fourth-order valence-electron chi connectivity index (χ4n) is 1.54. The third-order valence-electron chi connectivity index (χ3n) is 2.43. The molecule has 0 aliphatic heterocycles. The van der Waals surface area contributed by atoms with Crippen molar-refractivity contribution in [2.24, 2.45) is 0 Å². The molecule has 2 rings (SSSR count). The molecule has 2 nitrogen and oxygen atoms in total. The summed E-state index contributed by atoms with van der Waals surface area (Å²) in [5.41, 5.74) is 7.59. The van der Waals surface area contributed by atoms with E-state index < -0.39 is 0 Å². The fraction of sp³-hybridized carbons (Fsp3) is 0.143. The number of anilines is 1. The molecule has 0 atom stereocenters. The Morgan fingerprint density at radius 2 is 1.82 bits per heavy atom. The molecule has 0 unspecified atom stereocenters. The highest BCUT2D eigenvalue weighted by Crippen LogP contribution is 2.15. The number of nitrogens with two attached hydrogens (primary N) is 1. The number of rotatable bonds is 4. The zero-order valence-corrected chi connectivity index (χ0v) is 10.2. The first-order valence-electron chi connectivity index (χ1n) is 5.47. The van der Waals surface area contributed by atoms with E-state index in [9.17, 15) is 0 Å². The summed E-state index contributed by atoms with van der Waals surface area (Å²) in [6.45, 7) is 0.630. The molecule has 3 heteroatoms. The number of hydrogen-bond donors (Lipinski definition) is 1. The topological polar surface area (TPSA) is 35.2 Å². The number of nitrogen functional groups attached to an aromatic ring is 1. The molecule has 0 bridgehead atoms. The van der Waals surface area contributed by atoms with Gasteiger partial charge in [-0.1, -0.05) is 29.8 Å². The first-order chi connectivity index (χ1) is 8.24. The molecule has 0 heterocycles. The van der Waals surface area contributed by atoms with Crippen molar-refractivity contribution in [2.75, 3.05) is 12.3 Å². The highest BCUT2D eigenvalue weighted by Gasteiger charge is 1.96. The van der Waals surface area contributed by atoms with Crippen LogP contribution in [0.5, 0.6) is 5.75 Å². The molecule has 2 aromatic carbocycles. The van der Waals surface area contributed by atoms with Crippen molar-refractivity contribution >= 4 is 17.3 Å². The van der Waals surface area contributed by atoms with Crippen LogP contribution in [0.15, 0.2) is 48.5 Å². The van der Waals surface area contributed by atoms with E-state index in [1.165, 1.54) is 5.56 Å². The van der Waals surface area contributed by atoms with E-state index in [1.54, 1.807) is 0 Å². The Morgan fingerprint density at radius 3 is 2.53 bits per heavy atom. The van der Waals surface area contributed by atoms with E-state index in [1.807, 2.05) is 48.5 Å². The Hall–Kier alpha value is -1.67. The molecule has 0 amide bonds. The van der Waals surface area contributed by atoms with Gasteiger partial charge in [-0.15, -0.1) is 0 Å². The molecular weight excluding hydrogens is 234 g/mol. The van der Waals surface area contributed by atoms with Crippen LogP contribution in [0.25, 0.3) is 0 Å². The number of halogens is 1. The van der Waals surface area contributed by atoms with Crippen LogP contribution in [0.4, 0.5) is 5.69 Å². The van der Waals surface area contributed by atoms with Crippen LogP contribution in [0, 0.1) is 0 Å². The summed E-state index contributed by atoms with van der Waals surface area (Å²) in [4.78, 5) is 0. The number of benzene rings is 2. The quantitative estimate of drug-likeness (QED) is 0.839. The highest BCUT2D eigenvalue weighted by molar-refractivity contribution is 6.30. The first-order valence-corrected chi connectivity index (χ1v) is 5.84. The average Bonchev–Trinajstić information content (AvgIpc) is 2.32. The molecule has 0 saturated heterocycles. The summed E-state index contributed by atoms with van der Waals surface area (Å²) in [5.74, 6) is 0.805. The molecule has 2 N–H and O–H groups in total. The van der Waals surface area contributed by atoms with Gasteiger partial charge < -0.3 is 10.5 Å². The summed E-state index contributed by atoms with van der Waals surface area (Å²) in [6.07, 6.45) is 0.853. The summed E-state index contributed by atoms with van der Waals surface area (Å²) >= 11 is 5.81. The lowest BCUT2D eigenvalue weighted by atomic mass is 10.2. The lowest BCUT2D eigenvalue weighted by Gasteiger charge is -2.06. The molecule has 0 spiro atoms. The summed E-state index contributed by atoms with van der Waals surface area (Å²) in [5, 5.41) is 0.755. The predicted octanol–water partition coefficient (Wildman–Crippen LogP) is 3.54. The first kappa shape index (κ1) is 11.8. The van der Waals surface area contributed by atoms with Crippen molar-refractivity contribution in [1.29, 1.82) is 0 Å². The van der Waals surface area contributed by atoms with Crippen molar-refractivity contribution in [3.8, 4) is 5.75 Å². The van der Waals surface area contributed by atoms with Gasteiger partial charge in [0, 0.05) is 23.2 Å². The lowest BCUT2D eigenvalue weighted by molar-refractivity contribution is 0.322. The summed E-state index contributed by atoms with van der Waals surface area (Å²) in [6, 6.07) is 15.2. The minimum Gasteiger partial charge on any atom is -0.493 e. The smallest absolute Gasteiger partial charge is 0.121 e. The SMILES string of the molecule is Nc1cccc(OCCc2ccc(Cl)cc2)c1. The second-order valence-corrected chi connectivity index (χ2v) is 4.23. The van der Waals surface area contributed by atoms with Crippen molar-refractivity contribution < 1.29 is 4.74 Å². The van der Waals surface area contributed by atoms with Crippen LogP contribution < -0.4 is 10.5 Å². The molecule has 0 aliphatic rings. The lowest BCUT2D eigenvalue weighted by Crippen LogP contribution is -2.01. The zero-order valence-electron chi connectivity index (χ0n) is 9.40. The van der Waals surface area contributed by atoms with Crippen LogP contribution in [0.2, 0.25) is 5.02 Å². The fourth-order valence-corrected chi connectivity index (χ4v) is 1.67. The molecule has 0 radical (unpaired) electrons. The number of hydrogen-bond acceptors (Lipinski definition) is 2. The molecule has 0 aromatic heterocycles. The average molecular weight is 248 g/mol. The van der Waals surface area contributed by atoms with Crippen molar-refractivity contribution in [1.82, 2.24) is 0 Å². The standard InChI is InChI=1S/C14H14ClNO/c15-12-6-4-11(5-7-12)8-9-17-14-3-1-2-13(16)10-14/h1-7,10H,8-9,16H2. The Bertz CT molecular complexity index is 482. The molecule has 0 saturated carbocycles. The Labute approximate surface area is 106 Å². The van der Waals surface area contributed by atoms with Gasteiger partial charge in [-0.2, -0.15) is 0 Å². The Kier molecular flexibility index (Phi) is 3.89. The highest BCUT2D eigenvalue weighted by atomic mass is 35.5. The van der Waals surface area contributed by atoms with Crippen LogP contribution >= 0.6 is 11.6 Å². The van der Waals surface area contributed by atoms with E-state index in [2.05, 4.69) is 0 Å². The maximum absolute atomic E-state index is 5.81. The van der Waals surface area contributed by atoms with Crippen LogP contribution in [-0.4, -0.2) is 6.61 Å². The zero-order chi connectivity index (χ0) is 12.1. The van der Waals surface area contributed by atoms with E-state index in [0.29, 0.717) is 12.3 Å². The summed E-state index contributed by atoms with van der Waals surface area (Å²) in [7, 11) is 0. The van der Waals surface area contributed by atoms with Gasteiger partial charge >= 0.3 is 0 Å². The van der Waals surface area contributed by atoms with Gasteiger partial charge in [-0.25, -0.2) is 0 Å². The molecular formula is C14H14ClNO. The normalized spacial score (nSPS) is 10.2. The molecule has 0 aliphatic carbocycles. The number of ether oxygens (including phenoxy) is 1. The largest absolute Gasteiger partial charge is 0.493 e. The second-order valence-electron chi connectivity index (χ2n) is 3.80. The van der Waals surface area contributed by atoms with Gasteiger partial charge in [0.2, 0.25) is 0 Å². The Balaban J connectivity index is 1.85. The molecule has 2 aromatic rings. The third kappa shape index (κ3) is 3.68. The maximum Gasteiger partial charge on any atom is 0.121 e. The minimum atomic E-state index is 0.630. The van der Waals surface area contributed by atoms with Crippen LogP contribution in [0.1, 0.15) is 5.56 Å². The van der Waals surface area contributed by atoms with Gasteiger partial charge in [0.1, 0.15) is 5.75 Å². The minimum absolute atomic E-state index is 0.630. The molecule has 17 heavy (non-hydrogen) atoms. The van der Waals surface area contributed by atoms with Crippen LogP contribution in [-0.2, 0) is 6.42 Å². The van der Waals surface area contributed by atoms with Crippen molar-refractivity contribution in [2.45, 2.75) is 6.42 Å². The third-order valence-corrected chi connectivity index (χ3v) is 2.68. The van der Waals surface area contributed by atoms with Gasteiger partial charge in [-0.3, -0.25) is 0 Å². The van der Waals surface area contributed by atoms with Gasteiger partial charge in [0.25, 0.3) is 0 Å². The van der Waals surface area contributed by atoms with E-state index in [0.717, 1.165) is 17.2 Å². The van der Waals surface area contributed by atoms with Gasteiger partial charge in [-0.05, 0) is 29.8 Å². The van der Waals surface area contributed by atoms with Gasteiger partial charge in [0.05, 0.1) is 6.61 Å². The van der Waals surface area contributed by atoms with E-state index in [4.69, 9.17) is 22.1 Å². The monoisotopic (exact) mass is 247 g/mol. The molecule has 0 fully saturated rings. The summed E-state index contributed by atoms with van der Waals surface area (Å²) < 4.78 is 5.61. The van der Waals surface area contributed by atoms with Crippen molar-refractivity contribution in [3.63, 3.8) is 0 Å². The maximum atomic E-state index is 5.81. The predicted molar refractivity (Wildman–Crippen MR) is 71.5 cm³/mol. The van der Waals surface area contributed by atoms with Crippen LogP contribution in [0.3, 0.4) is 0 Å². The second kappa shape index (κ2) is 5.60. The van der Waals surface area contributed by atoms with Gasteiger partial charge in [0.15, 0.2) is 0 Å². The van der Waals surface area contributed by atoms with E-state index >= 15 is 0 Å². The molecule has 88 valence electrons. The van der Waals surface area contributed by atoms with E-state index in [-0.39, 0.29) is 0 Å².